The van der Waals surface area contributed by atoms with Crippen LogP contribution in [-0.4, -0.2) is 30.5 Å². The zero-order valence-electron chi connectivity index (χ0n) is 16.2. The summed E-state index contributed by atoms with van der Waals surface area (Å²) in [5, 5.41) is 12.4. The molecule has 1 aromatic rings. The maximum Gasteiger partial charge on any atom is 0.263 e. The summed E-state index contributed by atoms with van der Waals surface area (Å²) in [5.74, 6) is 1.12. The van der Waals surface area contributed by atoms with E-state index in [1.54, 1.807) is 6.20 Å². The highest BCUT2D eigenvalue weighted by Gasteiger charge is 2.19. The molecule has 1 unspecified atom stereocenters. The predicted molar refractivity (Wildman–Crippen MR) is 103 cm³/mol. The smallest absolute Gasteiger partial charge is 0.263 e. The van der Waals surface area contributed by atoms with Crippen molar-refractivity contribution < 1.29 is 9.53 Å². The largest absolute Gasteiger partial charge is 0.494 e. The number of carbonyl (C=O) groups excluding carboxylic acids is 1. The molecule has 1 heterocycles. The van der Waals surface area contributed by atoms with Crippen molar-refractivity contribution in [1.82, 2.24) is 10.2 Å². The molecule has 1 saturated heterocycles. The van der Waals surface area contributed by atoms with Crippen molar-refractivity contribution in [3.8, 4) is 11.8 Å². The third kappa shape index (κ3) is 5.26. The average molecular weight is 355 g/mol. The van der Waals surface area contributed by atoms with Crippen LogP contribution in [0, 0.1) is 24.2 Å². The van der Waals surface area contributed by atoms with Crippen molar-refractivity contribution in [1.29, 1.82) is 5.26 Å². The van der Waals surface area contributed by atoms with Crippen LogP contribution in [-0.2, 0) is 4.79 Å². The number of piperidine rings is 1. The van der Waals surface area contributed by atoms with Gasteiger partial charge in [-0.15, -0.1) is 0 Å². The first-order valence-corrected chi connectivity index (χ1v) is 9.34. The highest BCUT2D eigenvalue weighted by molar-refractivity contribution is 5.97. The Hall–Kier alpha value is -2.48. The number of nitrogens with one attached hydrogen (secondary N) is 1. The molecule has 0 spiro atoms. The van der Waals surface area contributed by atoms with Gasteiger partial charge in [0.1, 0.15) is 17.4 Å². The van der Waals surface area contributed by atoms with E-state index < -0.39 is 0 Å². The van der Waals surface area contributed by atoms with Gasteiger partial charge in [0.15, 0.2) is 0 Å². The van der Waals surface area contributed by atoms with E-state index in [2.05, 4.69) is 17.1 Å². The van der Waals surface area contributed by atoms with Crippen LogP contribution in [0.1, 0.15) is 50.8 Å². The minimum absolute atomic E-state index is 0.150. The minimum atomic E-state index is -0.345. The Morgan fingerprint density at radius 2 is 2.15 bits per heavy atom. The maximum absolute atomic E-state index is 12.6. The Morgan fingerprint density at radius 1 is 1.46 bits per heavy atom. The molecule has 1 aliphatic rings. The summed E-state index contributed by atoms with van der Waals surface area (Å²) in [6.07, 6.45) is 3.89. The number of amides is 1. The molecular formula is C21H29N3O2. The second-order valence-electron chi connectivity index (χ2n) is 7.04. The molecule has 1 N–H and O–H groups in total. The quantitative estimate of drug-likeness (QED) is 0.624. The first kappa shape index (κ1) is 19.8. The number of aryl methyl sites for hydroxylation is 1. The van der Waals surface area contributed by atoms with Crippen molar-refractivity contribution in [3.05, 3.63) is 41.1 Å². The molecule has 0 radical (unpaired) electrons. The lowest BCUT2D eigenvalue weighted by atomic mass is 9.99. The minimum Gasteiger partial charge on any atom is -0.494 e. The SMILES string of the molecule is CCOc1ccc(C)cc1C(C)NC(=O)/C(C#N)=C\N1CCC(C)CC1. The zero-order valence-corrected chi connectivity index (χ0v) is 16.2. The molecule has 2 rings (SSSR count). The number of nitrogens with zero attached hydrogens (tertiary/aromatic N) is 2. The number of likely N-dealkylation sites (tertiary alicyclic amines) is 1. The fourth-order valence-corrected chi connectivity index (χ4v) is 3.12. The Labute approximate surface area is 156 Å². The molecule has 0 aromatic heterocycles. The van der Waals surface area contributed by atoms with Crippen LogP contribution in [0.25, 0.3) is 0 Å². The van der Waals surface area contributed by atoms with Gasteiger partial charge in [-0.3, -0.25) is 4.79 Å². The molecule has 1 fully saturated rings. The lowest BCUT2D eigenvalue weighted by Crippen LogP contribution is -2.32. The molecule has 140 valence electrons. The second kappa shape index (κ2) is 9.28. The molecule has 1 atom stereocenters. The fourth-order valence-electron chi connectivity index (χ4n) is 3.12. The van der Waals surface area contributed by atoms with Gasteiger partial charge in [0.25, 0.3) is 5.91 Å². The van der Waals surface area contributed by atoms with Crippen molar-refractivity contribution >= 4 is 5.91 Å². The van der Waals surface area contributed by atoms with Crippen LogP contribution >= 0.6 is 0 Å². The van der Waals surface area contributed by atoms with Gasteiger partial charge in [-0.2, -0.15) is 5.26 Å². The van der Waals surface area contributed by atoms with Crippen LogP contribution in [0.2, 0.25) is 0 Å². The Morgan fingerprint density at radius 3 is 2.77 bits per heavy atom. The monoisotopic (exact) mass is 355 g/mol. The maximum atomic E-state index is 12.6. The van der Waals surface area contributed by atoms with Gasteiger partial charge in [-0.05, 0) is 45.6 Å². The molecule has 1 amide bonds. The van der Waals surface area contributed by atoms with E-state index in [0.29, 0.717) is 12.5 Å². The highest BCUT2D eigenvalue weighted by atomic mass is 16.5. The third-order valence-corrected chi connectivity index (χ3v) is 4.77. The molecule has 5 nitrogen and oxygen atoms in total. The molecule has 1 aliphatic heterocycles. The van der Waals surface area contributed by atoms with Crippen molar-refractivity contribution in [3.63, 3.8) is 0 Å². The van der Waals surface area contributed by atoms with Gasteiger partial charge in [0.05, 0.1) is 12.6 Å². The van der Waals surface area contributed by atoms with Gasteiger partial charge in [-0.25, -0.2) is 0 Å². The third-order valence-electron chi connectivity index (χ3n) is 4.77. The summed E-state index contributed by atoms with van der Waals surface area (Å²) >= 11 is 0. The van der Waals surface area contributed by atoms with E-state index >= 15 is 0 Å². The number of hydrogen-bond donors (Lipinski definition) is 1. The van der Waals surface area contributed by atoms with Crippen LogP contribution in [0.15, 0.2) is 30.0 Å². The summed E-state index contributed by atoms with van der Waals surface area (Å²) in [4.78, 5) is 14.7. The molecule has 1 aromatic carbocycles. The normalized spacial score (nSPS) is 16.7. The van der Waals surface area contributed by atoms with Crippen molar-refractivity contribution in [2.45, 2.75) is 46.6 Å². The summed E-state index contributed by atoms with van der Waals surface area (Å²) in [6.45, 7) is 10.4. The summed E-state index contributed by atoms with van der Waals surface area (Å²) in [7, 11) is 0. The number of nitriles is 1. The topological polar surface area (TPSA) is 65.4 Å². The Balaban J connectivity index is 2.10. The number of rotatable bonds is 6. The van der Waals surface area contributed by atoms with Crippen LogP contribution in [0.4, 0.5) is 0 Å². The van der Waals surface area contributed by atoms with Crippen LogP contribution in [0.3, 0.4) is 0 Å². The summed E-state index contributed by atoms with van der Waals surface area (Å²) < 4.78 is 5.67. The molecular weight excluding hydrogens is 326 g/mol. The zero-order chi connectivity index (χ0) is 19.1. The van der Waals surface area contributed by atoms with Crippen LogP contribution in [0.5, 0.6) is 5.75 Å². The highest BCUT2D eigenvalue weighted by Crippen LogP contribution is 2.26. The lowest BCUT2D eigenvalue weighted by Gasteiger charge is -2.29. The first-order chi connectivity index (χ1) is 12.4. The number of ether oxygens (including phenoxy) is 1. The van der Waals surface area contributed by atoms with Gasteiger partial charge in [0, 0.05) is 24.9 Å². The number of carbonyl (C=O) groups is 1. The van der Waals surface area contributed by atoms with Gasteiger partial charge < -0.3 is 15.0 Å². The molecule has 0 aliphatic carbocycles. The molecule has 5 heteroatoms. The van der Waals surface area contributed by atoms with Crippen LogP contribution < -0.4 is 10.1 Å². The molecule has 0 bridgehead atoms. The molecule has 26 heavy (non-hydrogen) atoms. The van der Waals surface area contributed by atoms with Gasteiger partial charge in [-0.1, -0.05) is 24.6 Å². The Bertz CT molecular complexity index is 698. The fraction of sp³-hybridized carbons (Fsp3) is 0.524. The lowest BCUT2D eigenvalue weighted by molar-refractivity contribution is -0.117. The number of hydrogen-bond acceptors (Lipinski definition) is 4. The molecule has 0 saturated carbocycles. The van der Waals surface area contributed by atoms with E-state index in [0.717, 1.165) is 42.8 Å². The van der Waals surface area contributed by atoms with E-state index in [4.69, 9.17) is 4.74 Å². The summed E-state index contributed by atoms with van der Waals surface area (Å²) in [5.41, 5.74) is 2.17. The first-order valence-electron chi connectivity index (χ1n) is 9.34. The van der Waals surface area contributed by atoms with E-state index in [-0.39, 0.29) is 17.5 Å². The second-order valence-corrected chi connectivity index (χ2v) is 7.04. The Kier molecular flexibility index (Phi) is 7.08. The van der Waals surface area contributed by atoms with Crippen molar-refractivity contribution in [2.24, 2.45) is 5.92 Å². The number of benzene rings is 1. The van der Waals surface area contributed by atoms with E-state index in [9.17, 15) is 10.1 Å². The predicted octanol–water partition coefficient (Wildman–Crippen LogP) is 3.71. The standard InChI is InChI=1S/C21H29N3O2/c1-5-26-20-7-6-16(3)12-19(20)17(4)23-21(25)18(13-22)14-24-10-8-15(2)9-11-24/h6-7,12,14-15,17H,5,8-11H2,1-4H3,(H,23,25)/b18-14-. The van der Waals surface area contributed by atoms with Crippen molar-refractivity contribution in [2.75, 3.05) is 19.7 Å². The summed E-state index contributed by atoms with van der Waals surface area (Å²) in [6, 6.07) is 7.72. The average Bonchev–Trinajstić information content (AvgIpc) is 2.62. The van der Waals surface area contributed by atoms with Gasteiger partial charge >= 0.3 is 0 Å². The van der Waals surface area contributed by atoms with E-state index in [1.807, 2.05) is 45.0 Å². The van der Waals surface area contributed by atoms with Gasteiger partial charge in [0.2, 0.25) is 0 Å². The van der Waals surface area contributed by atoms with E-state index in [1.165, 1.54) is 0 Å².